The Bertz CT molecular complexity index is 200. The van der Waals surface area contributed by atoms with Crippen LogP contribution in [0.25, 0.3) is 0 Å². The van der Waals surface area contributed by atoms with Gasteiger partial charge in [0.05, 0.1) is 5.76 Å². The number of aliphatic hydroxyl groups is 3. The van der Waals surface area contributed by atoms with Crippen LogP contribution in [0.15, 0.2) is 11.8 Å². The van der Waals surface area contributed by atoms with E-state index in [1.807, 2.05) is 13.8 Å². The molecule has 0 unspecified atom stereocenters. The molecule has 0 aromatic carbocycles. The Morgan fingerprint density at radius 3 is 1.76 bits per heavy atom. The number of hydrogen-bond acceptors (Lipinski definition) is 4. The van der Waals surface area contributed by atoms with E-state index < -0.39 is 0 Å². The summed E-state index contributed by atoms with van der Waals surface area (Å²) >= 11 is 0. The van der Waals surface area contributed by atoms with Crippen LogP contribution < -0.4 is 0 Å². The molecule has 0 fully saturated rings. The summed E-state index contributed by atoms with van der Waals surface area (Å²) in [6, 6.07) is 0. The van der Waals surface area contributed by atoms with Crippen molar-refractivity contribution in [3.8, 4) is 0 Å². The molecule has 0 aliphatic rings. The molecule has 0 aromatic heterocycles. The first-order chi connectivity index (χ1) is 7.53. The molecular weight excluding hydrogens is 258 g/mol. The summed E-state index contributed by atoms with van der Waals surface area (Å²) < 4.78 is 0. The second-order valence-corrected chi connectivity index (χ2v) is 3.10. The summed E-state index contributed by atoms with van der Waals surface area (Å²) in [5.74, 6) is -0.0723. The van der Waals surface area contributed by atoms with E-state index in [9.17, 15) is 4.79 Å². The maximum Gasteiger partial charge on any atom is 0.249 e. The molecule has 0 rings (SSSR count). The minimum Gasteiger partial charge on any atom is -0.512 e. The molecule has 0 aliphatic heterocycles. The summed E-state index contributed by atoms with van der Waals surface area (Å²) in [4.78, 5) is 12.7. The SMILES string of the molecule is CCN(CC)C(=O)/C=C(/C)O.OCCCO.[Ti]. The molecular formula is C11H23NO4Ti. The normalized spacial score (nSPS) is 9.82. The minimum atomic E-state index is -0.130. The first-order valence-corrected chi connectivity index (χ1v) is 5.41. The maximum absolute atomic E-state index is 11.1. The summed E-state index contributed by atoms with van der Waals surface area (Å²) in [5, 5.41) is 24.6. The quantitative estimate of drug-likeness (QED) is 0.393. The topological polar surface area (TPSA) is 81.0 Å². The summed E-state index contributed by atoms with van der Waals surface area (Å²) in [7, 11) is 0. The van der Waals surface area contributed by atoms with Crippen molar-refractivity contribution >= 4 is 5.91 Å². The molecule has 0 aliphatic carbocycles. The molecule has 0 bridgehead atoms. The third-order valence-electron chi connectivity index (χ3n) is 1.72. The second-order valence-electron chi connectivity index (χ2n) is 3.10. The fourth-order valence-corrected chi connectivity index (χ4v) is 0.876. The van der Waals surface area contributed by atoms with Gasteiger partial charge in [0.1, 0.15) is 0 Å². The van der Waals surface area contributed by atoms with Crippen LogP contribution in [0.1, 0.15) is 27.2 Å². The molecule has 0 saturated heterocycles. The molecule has 0 saturated carbocycles. The van der Waals surface area contributed by atoms with Gasteiger partial charge in [0, 0.05) is 54.1 Å². The predicted molar refractivity (Wildman–Crippen MR) is 63.1 cm³/mol. The van der Waals surface area contributed by atoms with E-state index in [-0.39, 0.29) is 46.6 Å². The van der Waals surface area contributed by atoms with Gasteiger partial charge in [0.15, 0.2) is 0 Å². The van der Waals surface area contributed by atoms with Crippen molar-refractivity contribution in [3.05, 3.63) is 11.8 Å². The van der Waals surface area contributed by atoms with Gasteiger partial charge in [-0.3, -0.25) is 4.79 Å². The number of carbonyl (C=O) groups excluding carboxylic acids is 1. The summed E-state index contributed by atoms with van der Waals surface area (Å²) in [6.07, 6.45) is 1.73. The molecule has 0 heterocycles. The summed E-state index contributed by atoms with van der Waals surface area (Å²) in [5.41, 5.74) is 0. The zero-order chi connectivity index (χ0) is 13.0. The second kappa shape index (κ2) is 15.6. The van der Waals surface area contributed by atoms with Crippen LogP contribution in [0.5, 0.6) is 0 Å². The van der Waals surface area contributed by atoms with Gasteiger partial charge in [0.25, 0.3) is 0 Å². The Hall–Kier alpha value is -0.356. The zero-order valence-corrected chi connectivity index (χ0v) is 12.4. The molecule has 0 aromatic rings. The van der Waals surface area contributed by atoms with Crippen molar-refractivity contribution in [2.45, 2.75) is 27.2 Å². The Kier molecular flexibility index (Phi) is 20.1. The monoisotopic (exact) mass is 281 g/mol. The molecule has 0 atom stereocenters. The summed E-state index contributed by atoms with van der Waals surface area (Å²) in [6.45, 7) is 6.84. The first kappa shape index (κ1) is 21.9. The van der Waals surface area contributed by atoms with Crippen molar-refractivity contribution in [1.29, 1.82) is 0 Å². The van der Waals surface area contributed by atoms with Crippen molar-refractivity contribution in [2.75, 3.05) is 26.3 Å². The maximum atomic E-state index is 11.1. The van der Waals surface area contributed by atoms with E-state index in [1.54, 1.807) is 4.90 Å². The van der Waals surface area contributed by atoms with Crippen molar-refractivity contribution in [2.24, 2.45) is 0 Å². The number of rotatable bonds is 5. The average molecular weight is 281 g/mol. The van der Waals surface area contributed by atoms with Crippen molar-refractivity contribution in [1.82, 2.24) is 4.90 Å². The van der Waals surface area contributed by atoms with E-state index in [0.717, 1.165) is 0 Å². The molecule has 6 heteroatoms. The Balaban J connectivity index is -0.000000280. The molecule has 100 valence electrons. The molecule has 1 amide bonds. The Morgan fingerprint density at radius 2 is 1.59 bits per heavy atom. The van der Waals surface area contributed by atoms with Gasteiger partial charge >= 0.3 is 0 Å². The fraction of sp³-hybridized carbons (Fsp3) is 0.727. The Morgan fingerprint density at radius 1 is 1.18 bits per heavy atom. The standard InChI is InChI=1S/C8H15NO2.C3H8O2.Ti/c1-4-9(5-2)8(11)6-7(3)10;4-2-1-3-5;/h6,10H,4-5H2,1-3H3;4-5H,1-3H2;/b7-6-;;. The van der Waals surface area contributed by atoms with E-state index in [4.69, 9.17) is 15.3 Å². The van der Waals surface area contributed by atoms with Crippen LogP contribution in [0.2, 0.25) is 0 Å². The van der Waals surface area contributed by atoms with Gasteiger partial charge in [-0.2, -0.15) is 0 Å². The predicted octanol–water partition coefficient (Wildman–Crippen LogP) is 0.675. The molecule has 0 spiro atoms. The van der Waals surface area contributed by atoms with E-state index in [2.05, 4.69) is 0 Å². The van der Waals surface area contributed by atoms with E-state index in [0.29, 0.717) is 19.5 Å². The third kappa shape index (κ3) is 15.6. The molecule has 3 N–H and O–H groups in total. The van der Waals surface area contributed by atoms with Gasteiger partial charge in [-0.05, 0) is 27.2 Å². The molecule has 17 heavy (non-hydrogen) atoms. The van der Waals surface area contributed by atoms with Crippen LogP contribution >= 0.6 is 0 Å². The van der Waals surface area contributed by atoms with E-state index in [1.165, 1.54) is 13.0 Å². The van der Waals surface area contributed by atoms with Gasteiger partial charge < -0.3 is 20.2 Å². The number of hydrogen-bond donors (Lipinski definition) is 3. The molecule has 0 radical (unpaired) electrons. The number of aliphatic hydroxyl groups excluding tert-OH is 3. The zero-order valence-electron chi connectivity index (χ0n) is 10.8. The van der Waals surface area contributed by atoms with Crippen molar-refractivity contribution < 1.29 is 41.8 Å². The fourth-order valence-electron chi connectivity index (χ4n) is 0.876. The van der Waals surface area contributed by atoms with Crippen LogP contribution in [-0.2, 0) is 26.5 Å². The number of amides is 1. The number of nitrogens with zero attached hydrogens (tertiary/aromatic N) is 1. The van der Waals surface area contributed by atoms with Gasteiger partial charge in [-0.15, -0.1) is 0 Å². The van der Waals surface area contributed by atoms with Gasteiger partial charge in [0.2, 0.25) is 5.91 Å². The van der Waals surface area contributed by atoms with Gasteiger partial charge in [-0.25, -0.2) is 0 Å². The third-order valence-corrected chi connectivity index (χ3v) is 1.72. The number of carbonyl (C=O) groups is 1. The van der Waals surface area contributed by atoms with Crippen LogP contribution in [0.3, 0.4) is 0 Å². The minimum absolute atomic E-state index is 0. The van der Waals surface area contributed by atoms with E-state index >= 15 is 0 Å². The van der Waals surface area contributed by atoms with Crippen LogP contribution in [0.4, 0.5) is 0 Å². The van der Waals surface area contributed by atoms with Crippen LogP contribution in [0, 0.1) is 0 Å². The Labute approximate surface area is 118 Å². The first-order valence-electron chi connectivity index (χ1n) is 5.41. The number of likely N-dealkylation sites (N-methyl/N-ethyl adjacent to an activating group) is 1. The van der Waals surface area contributed by atoms with Gasteiger partial charge in [-0.1, -0.05) is 0 Å². The average Bonchev–Trinajstić information content (AvgIpc) is 2.20. The molecule has 5 nitrogen and oxygen atoms in total. The van der Waals surface area contributed by atoms with Crippen molar-refractivity contribution in [3.63, 3.8) is 0 Å². The van der Waals surface area contributed by atoms with Crippen LogP contribution in [-0.4, -0.2) is 52.4 Å². The number of allylic oxidation sites excluding steroid dienone is 1. The largest absolute Gasteiger partial charge is 0.512 e. The smallest absolute Gasteiger partial charge is 0.249 e.